The predicted molar refractivity (Wildman–Crippen MR) is 105 cm³/mol. The smallest absolute Gasteiger partial charge is 0.262 e. The van der Waals surface area contributed by atoms with Gasteiger partial charge >= 0.3 is 0 Å². The van der Waals surface area contributed by atoms with Crippen molar-refractivity contribution in [3.05, 3.63) is 78.3 Å². The van der Waals surface area contributed by atoms with Crippen LogP contribution in [0.15, 0.2) is 66.1 Å². The second kappa shape index (κ2) is 7.57. The summed E-state index contributed by atoms with van der Waals surface area (Å²) >= 11 is 0. The van der Waals surface area contributed by atoms with Gasteiger partial charge in [-0.1, -0.05) is 24.3 Å². The topological polar surface area (TPSA) is 67.2 Å². The molecule has 0 spiro atoms. The lowest BCUT2D eigenvalue weighted by atomic mass is 9.93. The maximum atomic E-state index is 14.5. The van der Waals surface area contributed by atoms with Gasteiger partial charge in [-0.15, -0.1) is 0 Å². The molecule has 0 aliphatic carbocycles. The lowest BCUT2D eigenvalue weighted by Crippen LogP contribution is -2.32. The van der Waals surface area contributed by atoms with E-state index in [1.54, 1.807) is 41.9 Å². The van der Waals surface area contributed by atoms with Gasteiger partial charge in [-0.25, -0.2) is 22.2 Å². The molecule has 1 fully saturated rings. The quantitative estimate of drug-likeness (QED) is 0.692. The Hall–Kier alpha value is -2.78. The number of hydrogen-bond acceptors (Lipinski definition) is 4. The van der Waals surface area contributed by atoms with Crippen molar-refractivity contribution in [3.8, 4) is 0 Å². The second-order valence-electron chi connectivity index (χ2n) is 7.09. The molecule has 1 N–H and O–H groups in total. The third-order valence-corrected chi connectivity index (χ3v) is 6.77. The Morgan fingerprint density at radius 2 is 1.90 bits per heavy atom. The molecule has 29 heavy (non-hydrogen) atoms. The van der Waals surface area contributed by atoms with Gasteiger partial charge in [0, 0.05) is 44.0 Å². The summed E-state index contributed by atoms with van der Waals surface area (Å²) in [6.07, 6.45) is 2.85. The van der Waals surface area contributed by atoms with E-state index in [9.17, 15) is 17.2 Å². The molecule has 152 valence electrons. The van der Waals surface area contributed by atoms with Crippen molar-refractivity contribution in [1.29, 1.82) is 0 Å². The highest BCUT2D eigenvalue weighted by atomic mass is 32.2. The Bertz CT molecular complexity index is 1130. The zero-order chi connectivity index (χ0) is 20.6. The van der Waals surface area contributed by atoms with Crippen LogP contribution in [-0.2, 0) is 17.1 Å². The molecular weight excluding hydrogens is 398 g/mol. The van der Waals surface area contributed by atoms with Gasteiger partial charge in [-0.05, 0) is 29.8 Å². The van der Waals surface area contributed by atoms with Crippen molar-refractivity contribution in [2.75, 3.05) is 18.4 Å². The van der Waals surface area contributed by atoms with Crippen LogP contribution in [0.1, 0.15) is 11.5 Å². The molecule has 2 unspecified atom stereocenters. The van der Waals surface area contributed by atoms with E-state index in [-0.39, 0.29) is 18.1 Å². The fourth-order valence-corrected chi connectivity index (χ4v) is 5.11. The SMILES string of the molecule is Cn1cnc(S(=O)(=O)N2CC(Nc3cccc(F)c3)C(c3ccccc3F)C2)c1. The largest absolute Gasteiger partial charge is 0.380 e. The van der Waals surface area contributed by atoms with Gasteiger partial charge in [0.2, 0.25) is 0 Å². The van der Waals surface area contributed by atoms with Gasteiger partial charge < -0.3 is 9.88 Å². The van der Waals surface area contributed by atoms with Gasteiger partial charge in [0.05, 0.1) is 6.33 Å². The Balaban J connectivity index is 1.68. The molecule has 4 rings (SSSR count). The molecule has 6 nitrogen and oxygen atoms in total. The first-order chi connectivity index (χ1) is 13.8. The van der Waals surface area contributed by atoms with E-state index in [0.717, 1.165) is 0 Å². The molecule has 0 bridgehead atoms. The van der Waals surface area contributed by atoms with Crippen LogP contribution in [0, 0.1) is 11.6 Å². The molecule has 9 heteroatoms. The zero-order valence-electron chi connectivity index (χ0n) is 15.7. The molecule has 1 aliphatic rings. The molecular formula is C20H20F2N4O2S. The van der Waals surface area contributed by atoms with Crippen LogP contribution in [-0.4, -0.2) is 41.4 Å². The van der Waals surface area contributed by atoms with Gasteiger partial charge in [0.1, 0.15) is 11.6 Å². The molecule has 0 amide bonds. The molecule has 2 atom stereocenters. The number of imidazole rings is 1. The van der Waals surface area contributed by atoms with Crippen LogP contribution in [0.4, 0.5) is 14.5 Å². The van der Waals surface area contributed by atoms with E-state index < -0.39 is 33.6 Å². The lowest BCUT2D eigenvalue weighted by Gasteiger charge is -2.21. The molecule has 0 radical (unpaired) electrons. The summed E-state index contributed by atoms with van der Waals surface area (Å²) in [4.78, 5) is 3.96. The van der Waals surface area contributed by atoms with Gasteiger partial charge in [-0.2, -0.15) is 4.31 Å². The molecule has 0 saturated carbocycles. The van der Waals surface area contributed by atoms with E-state index in [1.165, 1.54) is 35.0 Å². The van der Waals surface area contributed by atoms with Crippen LogP contribution in [0.25, 0.3) is 0 Å². The van der Waals surface area contributed by atoms with E-state index in [2.05, 4.69) is 10.3 Å². The number of anilines is 1. The minimum Gasteiger partial charge on any atom is -0.380 e. The van der Waals surface area contributed by atoms with Gasteiger partial charge in [0.15, 0.2) is 5.03 Å². The molecule has 2 heterocycles. The summed E-state index contributed by atoms with van der Waals surface area (Å²) in [6.45, 7) is 0.196. The monoisotopic (exact) mass is 418 g/mol. The van der Waals surface area contributed by atoms with Gasteiger partial charge in [-0.3, -0.25) is 0 Å². The average Bonchev–Trinajstić information content (AvgIpc) is 3.30. The number of hydrogen-bond donors (Lipinski definition) is 1. The summed E-state index contributed by atoms with van der Waals surface area (Å²) in [5.41, 5.74) is 0.925. The fourth-order valence-electron chi connectivity index (χ4n) is 3.65. The third-order valence-electron chi connectivity index (χ3n) is 5.05. The van der Waals surface area contributed by atoms with Crippen molar-refractivity contribution < 1.29 is 17.2 Å². The van der Waals surface area contributed by atoms with Crippen LogP contribution in [0.5, 0.6) is 0 Å². The second-order valence-corrected chi connectivity index (χ2v) is 8.97. The van der Waals surface area contributed by atoms with Crippen molar-refractivity contribution >= 4 is 15.7 Å². The van der Waals surface area contributed by atoms with Crippen LogP contribution in [0.3, 0.4) is 0 Å². The summed E-state index contributed by atoms with van der Waals surface area (Å²) in [6, 6.07) is 11.8. The summed E-state index contributed by atoms with van der Waals surface area (Å²) in [5.74, 6) is -1.26. The predicted octanol–water partition coefficient (Wildman–Crippen LogP) is 2.97. The maximum absolute atomic E-state index is 14.5. The number of nitrogens with one attached hydrogen (secondary N) is 1. The number of halogens is 2. The minimum atomic E-state index is -3.84. The molecule has 2 aromatic carbocycles. The minimum absolute atomic E-state index is 0.0568. The molecule has 1 saturated heterocycles. The third kappa shape index (κ3) is 3.88. The highest BCUT2D eigenvalue weighted by molar-refractivity contribution is 7.89. The molecule has 3 aromatic rings. The van der Waals surface area contributed by atoms with Crippen LogP contribution < -0.4 is 5.32 Å². The maximum Gasteiger partial charge on any atom is 0.262 e. The average molecular weight is 418 g/mol. The van der Waals surface area contributed by atoms with E-state index in [4.69, 9.17) is 0 Å². The summed E-state index contributed by atoms with van der Waals surface area (Å²) in [7, 11) is -2.15. The summed E-state index contributed by atoms with van der Waals surface area (Å²) in [5, 5.41) is 3.12. The summed E-state index contributed by atoms with van der Waals surface area (Å²) < 4.78 is 57.0. The Kier molecular flexibility index (Phi) is 5.10. The van der Waals surface area contributed by atoms with Crippen molar-refractivity contribution in [1.82, 2.24) is 13.9 Å². The van der Waals surface area contributed by atoms with Gasteiger partial charge in [0.25, 0.3) is 10.0 Å². The highest BCUT2D eigenvalue weighted by Crippen LogP contribution is 2.34. The van der Waals surface area contributed by atoms with Crippen molar-refractivity contribution in [2.24, 2.45) is 7.05 Å². The van der Waals surface area contributed by atoms with E-state index in [0.29, 0.717) is 11.3 Å². The van der Waals surface area contributed by atoms with E-state index in [1.807, 2.05) is 0 Å². The highest BCUT2D eigenvalue weighted by Gasteiger charge is 2.41. The van der Waals surface area contributed by atoms with Crippen molar-refractivity contribution in [3.63, 3.8) is 0 Å². The standard InChI is InChI=1S/C20H20F2N4O2S/c1-25-12-20(23-13-25)29(27,28)26-10-17(16-7-2-3-8-18(16)22)19(11-26)24-15-6-4-5-14(21)9-15/h2-9,12-13,17,19,24H,10-11H2,1H3. The number of aryl methyl sites for hydroxylation is 1. The number of aromatic nitrogens is 2. The normalized spacial score (nSPS) is 20.1. The number of sulfonamides is 1. The fraction of sp³-hybridized carbons (Fsp3) is 0.250. The lowest BCUT2D eigenvalue weighted by molar-refractivity contribution is 0.467. The molecule has 1 aliphatic heterocycles. The first-order valence-electron chi connectivity index (χ1n) is 9.09. The zero-order valence-corrected chi connectivity index (χ0v) is 16.5. The Labute approximate surface area is 167 Å². The van der Waals surface area contributed by atoms with E-state index >= 15 is 0 Å². The Morgan fingerprint density at radius 3 is 2.59 bits per heavy atom. The number of benzene rings is 2. The van der Waals surface area contributed by atoms with Crippen LogP contribution >= 0.6 is 0 Å². The first-order valence-corrected chi connectivity index (χ1v) is 10.5. The van der Waals surface area contributed by atoms with Crippen molar-refractivity contribution in [2.45, 2.75) is 17.0 Å². The first kappa shape index (κ1) is 19.5. The Morgan fingerprint density at radius 1 is 1.10 bits per heavy atom. The van der Waals surface area contributed by atoms with Crippen LogP contribution in [0.2, 0.25) is 0 Å². The number of nitrogens with zero attached hydrogens (tertiary/aromatic N) is 3. The number of rotatable bonds is 5. The molecule has 1 aromatic heterocycles.